The van der Waals surface area contributed by atoms with Crippen LogP contribution in [0.5, 0.6) is 0 Å². The molecule has 25 heavy (non-hydrogen) atoms. The second-order valence-corrected chi connectivity index (χ2v) is 8.22. The molecule has 2 aromatic rings. The Morgan fingerprint density at radius 2 is 2.08 bits per heavy atom. The molecule has 4 heterocycles. The van der Waals surface area contributed by atoms with E-state index in [1.165, 1.54) is 0 Å². The molecule has 0 unspecified atom stereocenters. The molecular weight excluding hydrogens is 334 g/mol. The lowest BCUT2D eigenvalue weighted by Gasteiger charge is -2.47. The van der Waals surface area contributed by atoms with Crippen LogP contribution in [0.25, 0.3) is 0 Å². The Labute approximate surface area is 151 Å². The first-order valence-electron chi connectivity index (χ1n) is 8.55. The number of rotatable bonds is 5. The van der Waals surface area contributed by atoms with Crippen LogP contribution in [-0.2, 0) is 22.6 Å². The van der Waals surface area contributed by atoms with Crippen LogP contribution in [-0.4, -0.2) is 50.5 Å². The number of carbonyl (C=O) groups is 1. The maximum Gasteiger partial charge on any atom is 0.228 e. The van der Waals surface area contributed by atoms with Gasteiger partial charge in [0.2, 0.25) is 5.91 Å². The molecule has 130 valence electrons. The van der Waals surface area contributed by atoms with Gasteiger partial charge in [0.05, 0.1) is 23.9 Å². The molecule has 6 heteroatoms. The van der Waals surface area contributed by atoms with E-state index in [2.05, 4.69) is 9.97 Å². The number of hydrogen-bond donors (Lipinski definition) is 0. The van der Waals surface area contributed by atoms with Gasteiger partial charge in [-0.15, -0.1) is 11.8 Å². The third kappa shape index (κ3) is 3.85. The fourth-order valence-electron chi connectivity index (χ4n) is 3.42. The number of thioether (sulfide) groups is 1. The normalized spacial score (nSPS) is 21.3. The minimum Gasteiger partial charge on any atom is -0.373 e. The number of likely N-dealkylation sites (tertiary alicyclic amines) is 1. The van der Waals surface area contributed by atoms with Gasteiger partial charge in [-0.3, -0.25) is 14.8 Å². The van der Waals surface area contributed by atoms with Crippen molar-refractivity contribution in [2.75, 3.05) is 18.8 Å². The first kappa shape index (κ1) is 16.5. The number of amides is 1. The van der Waals surface area contributed by atoms with Crippen LogP contribution in [0.4, 0.5) is 0 Å². The van der Waals surface area contributed by atoms with Gasteiger partial charge in [0.15, 0.2) is 0 Å². The summed E-state index contributed by atoms with van der Waals surface area (Å²) in [6.07, 6.45) is 7.00. The number of pyridine rings is 2. The number of carbonyl (C=O) groups excluding carboxylic acids is 1. The molecule has 0 aromatic carbocycles. The molecule has 2 saturated heterocycles. The molecule has 0 bridgehead atoms. The smallest absolute Gasteiger partial charge is 0.228 e. The molecule has 0 saturated carbocycles. The lowest BCUT2D eigenvalue weighted by atomic mass is 9.92. The summed E-state index contributed by atoms with van der Waals surface area (Å²) in [7, 11) is 0. The van der Waals surface area contributed by atoms with E-state index in [1.54, 1.807) is 18.6 Å². The van der Waals surface area contributed by atoms with Crippen LogP contribution in [0, 0.1) is 0 Å². The van der Waals surface area contributed by atoms with E-state index in [0.29, 0.717) is 13.0 Å². The number of hydrogen-bond acceptors (Lipinski definition) is 5. The highest BCUT2D eigenvalue weighted by atomic mass is 32.2. The van der Waals surface area contributed by atoms with Crippen LogP contribution in [0.2, 0.25) is 0 Å². The fraction of sp³-hybridized carbons (Fsp3) is 0.421. The summed E-state index contributed by atoms with van der Waals surface area (Å²) in [6, 6.07) is 9.66. The van der Waals surface area contributed by atoms with E-state index in [0.717, 1.165) is 36.5 Å². The minimum absolute atomic E-state index is 0.172. The minimum atomic E-state index is 0.172. The van der Waals surface area contributed by atoms with Crippen LogP contribution in [0.1, 0.15) is 17.7 Å². The van der Waals surface area contributed by atoms with E-state index in [9.17, 15) is 4.79 Å². The van der Waals surface area contributed by atoms with Crippen molar-refractivity contribution in [3.8, 4) is 0 Å². The van der Waals surface area contributed by atoms with Crippen LogP contribution in [0.3, 0.4) is 0 Å². The third-order valence-electron chi connectivity index (χ3n) is 4.78. The van der Waals surface area contributed by atoms with Gasteiger partial charge in [-0.1, -0.05) is 6.07 Å². The number of aromatic nitrogens is 2. The molecule has 0 N–H and O–H groups in total. The van der Waals surface area contributed by atoms with Gasteiger partial charge in [0.1, 0.15) is 0 Å². The highest BCUT2D eigenvalue weighted by Gasteiger charge is 2.50. The zero-order valence-corrected chi connectivity index (χ0v) is 14.8. The van der Waals surface area contributed by atoms with Crippen molar-refractivity contribution >= 4 is 17.7 Å². The lowest BCUT2D eigenvalue weighted by Crippen LogP contribution is -2.61. The van der Waals surface area contributed by atoms with Gasteiger partial charge in [0, 0.05) is 43.1 Å². The zero-order chi connectivity index (χ0) is 17.1. The van der Waals surface area contributed by atoms with Gasteiger partial charge >= 0.3 is 0 Å². The predicted octanol–water partition coefficient (Wildman–Crippen LogP) is 2.32. The van der Waals surface area contributed by atoms with Crippen molar-refractivity contribution in [3.63, 3.8) is 0 Å². The Hall–Kier alpha value is -1.92. The van der Waals surface area contributed by atoms with E-state index in [4.69, 9.17) is 4.74 Å². The first-order valence-corrected chi connectivity index (χ1v) is 9.53. The van der Waals surface area contributed by atoms with Gasteiger partial charge in [-0.2, -0.15) is 0 Å². The van der Waals surface area contributed by atoms with Crippen molar-refractivity contribution in [2.45, 2.75) is 30.3 Å². The van der Waals surface area contributed by atoms with Crippen LogP contribution in [0.15, 0.2) is 48.9 Å². The second-order valence-electron chi connectivity index (χ2n) is 6.73. The fourth-order valence-corrected chi connectivity index (χ4v) is 4.97. The monoisotopic (exact) mass is 355 g/mol. The summed E-state index contributed by atoms with van der Waals surface area (Å²) in [5.41, 5.74) is 1.99. The summed E-state index contributed by atoms with van der Waals surface area (Å²) < 4.78 is 6.25. The number of ether oxygens (including phenoxy) is 1. The molecule has 1 atom stereocenters. The van der Waals surface area contributed by atoms with E-state index in [-0.39, 0.29) is 16.8 Å². The standard InChI is InChI=1S/C19H21N3O2S/c23-18(9-16-3-1-2-6-21-16)22-13-19(14-22)10-17(12-25-19)24-11-15-4-7-20-8-5-15/h1-8,17H,9-14H2/t17-/m1/s1. The van der Waals surface area contributed by atoms with Gasteiger partial charge < -0.3 is 9.64 Å². The van der Waals surface area contributed by atoms with E-state index in [1.807, 2.05) is 47.0 Å². The lowest BCUT2D eigenvalue weighted by molar-refractivity contribution is -0.136. The zero-order valence-electron chi connectivity index (χ0n) is 14.0. The van der Waals surface area contributed by atoms with E-state index < -0.39 is 0 Å². The molecule has 4 rings (SSSR count). The molecule has 0 aliphatic carbocycles. The summed E-state index contributed by atoms with van der Waals surface area (Å²) >= 11 is 1.96. The molecule has 2 fully saturated rings. The average Bonchev–Trinajstić information content (AvgIpc) is 3.05. The summed E-state index contributed by atoms with van der Waals surface area (Å²) in [5, 5.41) is 0. The van der Waals surface area contributed by atoms with Crippen molar-refractivity contribution in [1.29, 1.82) is 0 Å². The first-order chi connectivity index (χ1) is 12.2. The van der Waals surface area contributed by atoms with Gasteiger partial charge in [0.25, 0.3) is 0 Å². The molecule has 2 aromatic heterocycles. The second kappa shape index (κ2) is 7.14. The van der Waals surface area contributed by atoms with E-state index >= 15 is 0 Å². The maximum absolute atomic E-state index is 12.4. The van der Waals surface area contributed by atoms with Crippen molar-refractivity contribution in [3.05, 3.63) is 60.2 Å². The largest absolute Gasteiger partial charge is 0.373 e. The predicted molar refractivity (Wildman–Crippen MR) is 97.1 cm³/mol. The van der Waals surface area contributed by atoms with Crippen LogP contribution < -0.4 is 0 Å². The SMILES string of the molecule is O=C(Cc1ccccn1)N1CC2(C[C@@H](OCc3ccncc3)CS2)C1. The third-order valence-corrected chi connectivity index (χ3v) is 6.36. The molecule has 1 amide bonds. The Morgan fingerprint density at radius 1 is 1.24 bits per heavy atom. The van der Waals surface area contributed by atoms with Crippen molar-refractivity contribution < 1.29 is 9.53 Å². The topological polar surface area (TPSA) is 55.3 Å². The van der Waals surface area contributed by atoms with Crippen molar-refractivity contribution in [1.82, 2.24) is 14.9 Å². The molecule has 5 nitrogen and oxygen atoms in total. The average molecular weight is 355 g/mol. The Balaban J connectivity index is 1.24. The summed E-state index contributed by atoms with van der Waals surface area (Å²) in [5.74, 6) is 1.18. The quantitative estimate of drug-likeness (QED) is 0.824. The maximum atomic E-state index is 12.4. The Bertz CT molecular complexity index is 720. The molecule has 1 spiro atoms. The highest BCUT2D eigenvalue weighted by Crippen LogP contribution is 2.46. The van der Waals surface area contributed by atoms with Crippen molar-refractivity contribution in [2.24, 2.45) is 0 Å². The number of nitrogens with zero attached hydrogens (tertiary/aromatic N) is 3. The molecule has 2 aliphatic rings. The molecule has 0 radical (unpaired) electrons. The van der Waals surface area contributed by atoms with Crippen LogP contribution >= 0.6 is 11.8 Å². The molecular formula is C19H21N3O2S. The molecule has 2 aliphatic heterocycles. The Kier molecular flexibility index (Phi) is 4.72. The van der Waals surface area contributed by atoms with Gasteiger partial charge in [-0.25, -0.2) is 0 Å². The Morgan fingerprint density at radius 3 is 2.84 bits per heavy atom. The summed E-state index contributed by atoms with van der Waals surface area (Å²) in [6.45, 7) is 2.29. The van der Waals surface area contributed by atoms with Gasteiger partial charge in [-0.05, 0) is 36.2 Å². The highest BCUT2D eigenvalue weighted by molar-refractivity contribution is 8.01. The summed E-state index contributed by atoms with van der Waals surface area (Å²) in [4.78, 5) is 22.6.